The summed E-state index contributed by atoms with van der Waals surface area (Å²) in [5.41, 5.74) is 3.67. The maximum absolute atomic E-state index is 12.6. The Labute approximate surface area is 158 Å². The molecule has 27 heavy (non-hydrogen) atoms. The molecule has 8 heteroatoms. The summed E-state index contributed by atoms with van der Waals surface area (Å²) >= 11 is 0. The molecule has 1 aromatic carbocycles. The second kappa shape index (κ2) is 7.13. The minimum atomic E-state index is -3.69. The number of rotatable bonds is 5. The van der Waals surface area contributed by atoms with Crippen molar-refractivity contribution in [3.8, 4) is 11.1 Å². The predicted molar refractivity (Wildman–Crippen MR) is 103 cm³/mol. The molecule has 0 aliphatic carbocycles. The number of carbonyl (C=O) groups excluding carboxylic acids is 1. The molecule has 0 amide bonds. The minimum Gasteiger partial charge on any atom is -0.464 e. The van der Waals surface area contributed by atoms with E-state index < -0.39 is 16.0 Å². The molecular formula is C19H22N3O4S+. The summed E-state index contributed by atoms with van der Waals surface area (Å²) < 4.78 is 31.6. The normalized spacial score (nSPS) is 11.7. The zero-order chi connectivity index (χ0) is 19.8. The summed E-state index contributed by atoms with van der Waals surface area (Å²) in [4.78, 5) is 12.6. The van der Waals surface area contributed by atoms with E-state index in [1.807, 2.05) is 61.3 Å². The number of ether oxygens (including phenoxy) is 1. The SMILES string of the molecule is COC(=O)c1c(-c2cc[n+](C)cc2)c2cc(C)ccc2n1CCS(N)(=O)=O. The fraction of sp³-hybridized carbons (Fsp3) is 0.263. The number of nitrogens with two attached hydrogens (primary N) is 1. The van der Waals surface area contributed by atoms with Gasteiger partial charge in [-0.05, 0) is 24.6 Å². The number of nitrogens with zero attached hydrogens (tertiary/aromatic N) is 2. The number of carbonyl (C=O) groups is 1. The highest BCUT2D eigenvalue weighted by atomic mass is 32.2. The number of pyridine rings is 1. The topological polar surface area (TPSA) is 95.3 Å². The number of benzene rings is 1. The third kappa shape index (κ3) is 3.86. The molecule has 0 atom stereocenters. The minimum absolute atomic E-state index is 0.0590. The van der Waals surface area contributed by atoms with Crippen LogP contribution in [0.1, 0.15) is 16.1 Å². The predicted octanol–water partition coefficient (Wildman–Crippen LogP) is 1.52. The number of sulfonamides is 1. The molecule has 2 N–H and O–H groups in total. The van der Waals surface area contributed by atoms with E-state index in [2.05, 4.69) is 0 Å². The quantitative estimate of drug-likeness (QED) is 0.529. The Morgan fingerprint density at radius 2 is 1.89 bits per heavy atom. The van der Waals surface area contributed by atoms with E-state index in [1.54, 1.807) is 4.57 Å². The monoisotopic (exact) mass is 388 g/mol. The first-order chi connectivity index (χ1) is 12.7. The van der Waals surface area contributed by atoms with E-state index in [-0.39, 0.29) is 12.3 Å². The molecular weight excluding hydrogens is 366 g/mol. The largest absolute Gasteiger partial charge is 0.464 e. The van der Waals surface area contributed by atoms with Gasteiger partial charge >= 0.3 is 5.97 Å². The van der Waals surface area contributed by atoms with Crippen LogP contribution in [0.4, 0.5) is 0 Å². The highest BCUT2D eigenvalue weighted by molar-refractivity contribution is 7.89. The molecule has 0 aliphatic heterocycles. The van der Waals surface area contributed by atoms with Gasteiger partial charge < -0.3 is 9.30 Å². The van der Waals surface area contributed by atoms with Crippen LogP contribution in [-0.4, -0.2) is 31.8 Å². The highest BCUT2D eigenvalue weighted by Crippen LogP contribution is 2.35. The van der Waals surface area contributed by atoms with Crippen LogP contribution in [0.3, 0.4) is 0 Å². The lowest BCUT2D eigenvalue weighted by molar-refractivity contribution is -0.671. The van der Waals surface area contributed by atoms with Gasteiger partial charge in [-0.3, -0.25) is 0 Å². The Balaban J connectivity index is 2.35. The van der Waals surface area contributed by atoms with Gasteiger partial charge in [-0.2, -0.15) is 0 Å². The third-order valence-corrected chi connectivity index (χ3v) is 5.22. The van der Waals surface area contributed by atoms with Gasteiger partial charge in [0.2, 0.25) is 10.0 Å². The molecule has 0 fully saturated rings. The number of aromatic nitrogens is 2. The van der Waals surface area contributed by atoms with Crippen LogP contribution < -0.4 is 9.71 Å². The fourth-order valence-electron chi connectivity index (χ4n) is 3.19. The molecule has 0 spiro atoms. The lowest BCUT2D eigenvalue weighted by Crippen LogP contribution is -2.25. The zero-order valence-corrected chi connectivity index (χ0v) is 16.3. The van der Waals surface area contributed by atoms with Crippen molar-refractivity contribution >= 4 is 26.9 Å². The van der Waals surface area contributed by atoms with Crippen LogP contribution in [0.15, 0.2) is 42.7 Å². The van der Waals surface area contributed by atoms with Crippen molar-refractivity contribution in [1.82, 2.24) is 4.57 Å². The molecule has 142 valence electrons. The fourth-order valence-corrected chi connectivity index (χ4v) is 3.63. The Morgan fingerprint density at radius 3 is 2.48 bits per heavy atom. The van der Waals surface area contributed by atoms with Crippen LogP contribution in [0, 0.1) is 6.92 Å². The van der Waals surface area contributed by atoms with Gasteiger partial charge in [0.05, 0.1) is 12.9 Å². The van der Waals surface area contributed by atoms with Crippen molar-refractivity contribution in [2.24, 2.45) is 12.2 Å². The lowest BCUT2D eigenvalue weighted by atomic mass is 10.0. The van der Waals surface area contributed by atoms with E-state index in [4.69, 9.17) is 9.88 Å². The molecule has 0 saturated carbocycles. The summed E-state index contributed by atoms with van der Waals surface area (Å²) in [5, 5.41) is 6.04. The summed E-state index contributed by atoms with van der Waals surface area (Å²) in [7, 11) is -0.469. The molecule has 0 aliphatic rings. The van der Waals surface area contributed by atoms with Gasteiger partial charge in [-0.25, -0.2) is 22.9 Å². The van der Waals surface area contributed by atoms with Gasteiger partial charge in [0, 0.05) is 35.1 Å². The molecule has 2 aromatic heterocycles. The van der Waals surface area contributed by atoms with E-state index in [9.17, 15) is 13.2 Å². The van der Waals surface area contributed by atoms with E-state index >= 15 is 0 Å². The third-order valence-electron chi connectivity index (χ3n) is 4.46. The number of esters is 1. The first kappa shape index (κ1) is 19.1. The summed E-state index contributed by atoms with van der Waals surface area (Å²) in [5.74, 6) is -0.806. The Morgan fingerprint density at radius 1 is 1.22 bits per heavy atom. The Kier molecular flexibility index (Phi) is 5.03. The number of aryl methyl sites for hydroxylation is 3. The van der Waals surface area contributed by atoms with E-state index in [0.29, 0.717) is 5.69 Å². The first-order valence-electron chi connectivity index (χ1n) is 8.38. The maximum atomic E-state index is 12.6. The number of hydrogen-bond donors (Lipinski definition) is 1. The van der Waals surface area contributed by atoms with E-state index in [1.165, 1.54) is 7.11 Å². The standard InChI is InChI=1S/C19H22N3O4S/c1-13-4-5-16-15(12-13)17(14-6-8-21(2)9-7-14)18(19(23)26-3)22(16)10-11-27(20,24)25/h4-9,12H,10-11H2,1-3H3,(H2,20,24,25)/q+1. The van der Waals surface area contributed by atoms with E-state index in [0.717, 1.165) is 27.6 Å². The Hall–Kier alpha value is -2.71. The van der Waals surface area contributed by atoms with Gasteiger partial charge in [-0.15, -0.1) is 0 Å². The van der Waals surface area contributed by atoms with Crippen molar-refractivity contribution in [3.05, 3.63) is 54.0 Å². The lowest BCUT2D eigenvalue weighted by Gasteiger charge is -2.10. The smallest absolute Gasteiger partial charge is 0.355 e. The van der Waals surface area contributed by atoms with Gasteiger partial charge in [0.1, 0.15) is 12.7 Å². The Bertz CT molecular complexity index is 1120. The van der Waals surface area contributed by atoms with Crippen LogP contribution in [0.5, 0.6) is 0 Å². The van der Waals surface area contributed by atoms with Gasteiger partial charge in [0.15, 0.2) is 12.4 Å². The number of primary sulfonamides is 1. The molecule has 0 bridgehead atoms. The number of methoxy groups -OCH3 is 1. The summed E-state index contributed by atoms with van der Waals surface area (Å²) in [6, 6.07) is 9.61. The van der Waals surface area contributed by atoms with Crippen LogP contribution in [0.25, 0.3) is 22.0 Å². The molecule has 0 radical (unpaired) electrons. The van der Waals surface area contributed by atoms with Crippen LogP contribution in [-0.2, 0) is 28.4 Å². The van der Waals surface area contributed by atoms with Gasteiger partial charge in [-0.1, -0.05) is 11.6 Å². The van der Waals surface area contributed by atoms with Crippen LogP contribution in [0.2, 0.25) is 0 Å². The molecule has 3 aromatic rings. The van der Waals surface area contributed by atoms with Crippen molar-refractivity contribution in [2.75, 3.05) is 12.9 Å². The van der Waals surface area contributed by atoms with Crippen molar-refractivity contribution in [2.45, 2.75) is 13.5 Å². The highest BCUT2D eigenvalue weighted by Gasteiger charge is 2.25. The average molecular weight is 388 g/mol. The van der Waals surface area contributed by atoms with Crippen LogP contribution >= 0.6 is 0 Å². The number of hydrogen-bond acceptors (Lipinski definition) is 4. The summed E-state index contributed by atoms with van der Waals surface area (Å²) in [6.07, 6.45) is 3.78. The molecule has 7 nitrogen and oxygen atoms in total. The van der Waals surface area contributed by atoms with Gasteiger partial charge in [0.25, 0.3) is 0 Å². The molecule has 3 rings (SSSR count). The van der Waals surface area contributed by atoms with Crippen molar-refractivity contribution < 1.29 is 22.5 Å². The molecule has 2 heterocycles. The molecule has 0 saturated heterocycles. The van der Waals surface area contributed by atoms with Crippen molar-refractivity contribution in [1.29, 1.82) is 0 Å². The second-order valence-corrected chi connectivity index (χ2v) is 8.24. The number of fused-ring (bicyclic) bond motifs is 1. The van der Waals surface area contributed by atoms with Crippen molar-refractivity contribution in [3.63, 3.8) is 0 Å². The average Bonchev–Trinajstić information content (AvgIpc) is 2.93. The zero-order valence-electron chi connectivity index (χ0n) is 15.5. The second-order valence-electron chi connectivity index (χ2n) is 6.51. The molecule has 0 unspecified atom stereocenters. The summed E-state index contributed by atoms with van der Waals surface area (Å²) in [6.45, 7) is 2.02. The maximum Gasteiger partial charge on any atom is 0.355 e. The first-order valence-corrected chi connectivity index (χ1v) is 10.1.